The molecule has 158 valence electrons. The summed E-state index contributed by atoms with van der Waals surface area (Å²) in [6, 6.07) is 7.81. The second-order valence-electron chi connectivity index (χ2n) is 6.08. The van der Waals surface area contributed by atoms with Gasteiger partial charge >= 0.3 is 11.9 Å². The van der Waals surface area contributed by atoms with Crippen LogP contribution < -0.4 is 4.74 Å². The quantitative estimate of drug-likeness (QED) is 0.274. The fraction of sp³-hybridized carbons (Fsp3) is 0.100. The summed E-state index contributed by atoms with van der Waals surface area (Å²) in [6.07, 6.45) is 1.87. The number of nitrogens with zero attached hydrogens (tertiary/aromatic N) is 2. The van der Waals surface area contributed by atoms with Gasteiger partial charge < -0.3 is 4.74 Å². The third-order valence-corrected chi connectivity index (χ3v) is 4.92. The molecule has 3 rings (SSSR count). The van der Waals surface area contributed by atoms with Crippen LogP contribution >= 0.6 is 11.8 Å². The first-order chi connectivity index (χ1) is 14.6. The van der Waals surface area contributed by atoms with E-state index in [-0.39, 0.29) is 22.9 Å². The lowest BCUT2D eigenvalue weighted by molar-refractivity contribution is -0.385. The predicted octanol–water partition coefficient (Wildman–Crippen LogP) is 5.08. The number of alkyl halides is 3. The van der Waals surface area contributed by atoms with E-state index < -0.39 is 33.5 Å². The van der Waals surface area contributed by atoms with Crippen LogP contribution in [-0.2, 0) is 11.0 Å². The summed E-state index contributed by atoms with van der Waals surface area (Å²) in [4.78, 5) is 35.2. The number of benzene rings is 2. The molecule has 2 amide bonds. The van der Waals surface area contributed by atoms with E-state index in [1.807, 2.05) is 0 Å². The molecule has 7 nitrogen and oxygen atoms in total. The van der Waals surface area contributed by atoms with Crippen molar-refractivity contribution < 1.29 is 32.4 Å². The number of amides is 2. The second-order valence-corrected chi connectivity index (χ2v) is 7.07. The first-order valence-corrected chi connectivity index (χ1v) is 9.24. The number of rotatable bonds is 5. The fourth-order valence-corrected chi connectivity index (χ4v) is 3.40. The van der Waals surface area contributed by atoms with Crippen LogP contribution in [0.4, 0.5) is 23.7 Å². The lowest BCUT2D eigenvalue weighted by Crippen LogP contribution is -2.28. The lowest BCUT2D eigenvalue weighted by Gasteiger charge is -2.10. The third-order valence-electron chi connectivity index (χ3n) is 4.01. The number of hydrogen-bond acceptors (Lipinski definition) is 6. The van der Waals surface area contributed by atoms with E-state index in [1.165, 1.54) is 30.3 Å². The number of hydrogen-bond donors (Lipinski definition) is 0. The highest BCUT2D eigenvalue weighted by Crippen LogP contribution is 2.38. The standard InChI is InChI=1S/C20H11F3N2O5S/c1-2-9-24-18(26)17(31-19(24)27)10-12-3-6-14(7-4-12)30-16-8-5-13(20(21,22)23)11-15(16)25(28)29/h1,3-8,10-11H,9H2. The van der Waals surface area contributed by atoms with Gasteiger partial charge in [0.1, 0.15) is 5.75 Å². The number of carbonyl (C=O) groups is 2. The molecule has 2 aromatic carbocycles. The number of nitro groups is 1. The molecule has 0 spiro atoms. The van der Waals surface area contributed by atoms with Crippen molar-refractivity contribution in [2.24, 2.45) is 0 Å². The largest absolute Gasteiger partial charge is 0.450 e. The number of nitro benzene ring substituents is 1. The van der Waals surface area contributed by atoms with E-state index in [9.17, 15) is 32.9 Å². The highest BCUT2D eigenvalue weighted by Gasteiger charge is 2.35. The summed E-state index contributed by atoms with van der Waals surface area (Å²) in [5.41, 5.74) is -1.47. The molecule has 0 radical (unpaired) electrons. The zero-order chi connectivity index (χ0) is 22.8. The molecule has 1 aliphatic rings. The van der Waals surface area contributed by atoms with Gasteiger partial charge in [-0.25, -0.2) is 0 Å². The van der Waals surface area contributed by atoms with Crippen molar-refractivity contribution in [2.75, 3.05) is 6.54 Å². The van der Waals surface area contributed by atoms with Gasteiger partial charge in [0, 0.05) is 6.07 Å². The van der Waals surface area contributed by atoms with Gasteiger partial charge in [0.15, 0.2) is 0 Å². The Morgan fingerprint density at radius 2 is 1.87 bits per heavy atom. The van der Waals surface area contributed by atoms with Gasteiger partial charge in [-0.15, -0.1) is 6.42 Å². The Balaban J connectivity index is 1.81. The summed E-state index contributed by atoms with van der Waals surface area (Å²) in [5.74, 6) is 1.47. The lowest BCUT2D eigenvalue weighted by atomic mass is 10.1. The van der Waals surface area contributed by atoms with E-state index >= 15 is 0 Å². The van der Waals surface area contributed by atoms with E-state index in [0.717, 1.165) is 22.7 Å². The molecule has 31 heavy (non-hydrogen) atoms. The fourth-order valence-electron chi connectivity index (χ4n) is 2.56. The summed E-state index contributed by atoms with van der Waals surface area (Å²) in [6.45, 7) is -0.138. The molecule has 1 fully saturated rings. The maximum atomic E-state index is 12.8. The summed E-state index contributed by atoms with van der Waals surface area (Å²) < 4.78 is 43.7. The minimum Gasteiger partial charge on any atom is -0.450 e. The molecular formula is C20H11F3N2O5S. The molecule has 0 unspecified atom stereocenters. The number of terminal acetylenes is 1. The number of halogens is 3. The molecule has 0 N–H and O–H groups in total. The Kier molecular flexibility index (Phi) is 6.03. The number of thioether (sulfide) groups is 1. The van der Waals surface area contributed by atoms with Gasteiger partial charge in [-0.2, -0.15) is 13.2 Å². The minimum absolute atomic E-state index is 0.125. The summed E-state index contributed by atoms with van der Waals surface area (Å²) in [5, 5.41) is 10.7. The minimum atomic E-state index is -4.73. The molecule has 1 aliphatic heterocycles. The van der Waals surface area contributed by atoms with Crippen molar-refractivity contribution in [1.29, 1.82) is 0 Å². The zero-order valence-corrected chi connectivity index (χ0v) is 16.2. The number of carbonyl (C=O) groups excluding carboxylic acids is 2. The number of ether oxygens (including phenoxy) is 1. The van der Waals surface area contributed by atoms with E-state index in [2.05, 4.69) is 5.92 Å². The molecule has 11 heteroatoms. The monoisotopic (exact) mass is 448 g/mol. The summed E-state index contributed by atoms with van der Waals surface area (Å²) in [7, 11) is 0. The van der Waals surface area contributed by atoms with Gasteiger partial charge in [-0.05, 0) is 47.7 Å². The Bertz CT molecular complexity index is 1140. The van der Waals surface area contributed by atoms with Gasteiger partial charge in [-0.1, -0.05) is 18.1 Å². The molecular weight excluding hydrogens is 437 g/mol. The average molecular weight is 448 g/mol. The highest BCUT2D eigenvalue weighted by molar-refractivity contribution is 8.18. The third kappa shape index (κ3) is 4.87. The second kappa shape index (κ2) is 8.53. The van der Waals surface area contributed by atoms with Crippen LogP contribution in [0.3, 0.4) is 0 Å². The normalized spacial score (nSPS) is 15.3. The number of imide groups is 1. The van der Waals surface area contributed by atoms with Gasteiger partial charge in [0.05, 0.1) is 21.9 Å². The zero-order valence-electron chi connectivity index (χ0n) is 15.4. The molecule has 0 aromatic heterocycles. The summed E-state index contributed by atoms with van der Waals surface area (Å²) >= 11 is 0.737. The topological polar surface area (TPSA) is 89.8 Å². The van der Waals surface area contributed by atoms with E-state index in [1.54, 1.807) is 0 Å². The van der Waals surface area contributed by atoms with Crippen LogP contribution in [0.5, 0.6) is 11.5 Å². The Morgan fingerprint density at radius 3 is 2.45 bits per heavy atom. The molecule has 1 heterocycles. The van der Waals surface area contributed by atoms with Crippen molar-refractivity contribution in [3.05, 3.63) is 68.6 Å². The van der Waals surface area contributed by atoms with E-state index in [4.69, 9.17) is 11.2 Å². The van der Waals surface area contributed by atoms with Crippen LogP contribution in [0.25, 0.3) is 6.08 Å². The van der Waals surface area contributed by atoms with Crippen LogP contribution in [0, 0.1) is 22.5 Å². The van der Waals surface area contributed by atoms with Crippen LogP contribution in [0.2, 0.25) is 0 Å². The average Bonchev–Trinajstić information content (AvgIpc) is 2.96. The Labute approximate surface area is 177 Å². The molecule has 0 saturated carbocycles. The van der Waals surface area contributed by atoms with Crippen LogP contribution in [-0.4, -0.2) is 27.5 Å². The first kappa shape index (κ1) is 21.9. The van der Waals surface area contributed by atoms with Gasteiger partial charge in [0.2, 0.25) is 5.75 Å². The van der Waals surface area contributed by atoms with Gasteiger partial charge in [0.25, 0.3) is 11.1 Å². The maximum absolute atomic E-state index is 12.8. The smallest absolute Gasteiger partial charge is 0.416 e. The Hall–Kier alpha value is -3.78. The highest BCUT2D eigenvalue weighted by atomic mass is 32.2. The molecule has 0 aliphatic carbocycles. The van der Waals surface area contributed by atoms with Crippen LogP contribution in [0.15, 0.2) is 47.4 Å². The molecule has 1 saturated heterocycles. The molecule has 2 aromatic rings. The SMILES string of the molecule is C#CCN1C(=O)SC(=Cc2ccc(Oc3ccc(C(F)(F)F)cc3[N+](=O)[O-])cc2)C1=O. The van der Waals surface area contributed by atoms with Gasteiger partial charge in [-0.3, -0.25) is 24.6 Å². The van der Waals surface area contributed by atoms with Crippen molar-refractivity contribution in [2.45, 2.75) is 6.18 Å². The predicted molar refractivity (Wildman–Crippen MR) is 106 cm³/mol. The maximum Gasteiger partial charge on any atom is 0.416 e. The van der Waals surface area contributed by atoms with Crippen molar-refractivity contribution in [1.82, 2.24) is 4.90 Å². The van der Waals surface area contributed by atoms with Crippen molar-refractivity contribution in [3.63, 3.8) is 0 Å². The van der Waals surface area contributed by atoms with E-state index in [0.29, 0.717) is 17.7 Å². The Morgan fingerprint density at radius 1 is 1.19 bits per heavy atom. The van der Waals surface area contributed by atoms with Crippen molar-refractivity contribution >= 4 is 34.7 Å². The van der Waals surface area contributed by atoms with Crippen molar-refractivity contribution in [3.8, 4) is 23.8 Å². The molecule has 0 bridgehead atoms. The first-order valence-electron chi connectivity index (χ1n) is 8.42. The molecule has 0 atom stereocenters. The van der Waals surface area contributed by atoms with Crippen LogP contribution in [0.1, 0.15) is 11.1 Å².